The van der Waals surface area contributed by atoms with Crippen LogP contribution in [0.3, 0.4) is 0 Å². The van der Waals surface area contributed by atoms with Crippen LogP contribution in [-0.2, 0) is 14.0 Å². The van der Waals surface area contributed by atoms with E-state index in [0.29, 0.717) is 5.02 Å². The van der Waals surface area contributed by atoms with Crippen LogP contribution in [0.15, 0.2) is 18.2 Å². The van der Waals surface area contributed by atoms with E-state index in [4.69, 9.17) is 25.6 Å². The average Bonchev–Trinajstić information content (AvgIpc) is 2.68. The number of rotatable bonds is 2. The summed E-state index contributed by atoms with van der Waals surface area (Å²) in [5, 5.41) is 0.683. The van der Waals surface area contributed by atoms with Gasteiger partial charge in [-0.3, -0.25) is 0 Å². The lowest BCUT2D eigenvalue weighted by atomic mass is 9.79. The molecule has 2 aliphatic rings. The van der Waals surface area contributed by atoms with E-state index in [1.54, 1.807) is 0 Å². The van der Waals surface area contributed by atoms with Crippen molar-refractivity contribution in [2.24, 2.45) is 0 Å². The zero-order valence-corrected chi connectivity index (χ0v) is 14.4. The SMILES string of the molecule is CC1(C)OB(c2ccc(N3CCOCC3)cc2Cl)OC1(C)C. The molecule has 22 heavy (non-hydrogen) atoms. The minimum atomic E-state index is -0.420. The van der Waals surface area contributed by atoms with Gasteiger partial charge in [0.05, 0.1) is 24.4 Å². The van der Waals surface area contributed by atoms with Gasteiger partial charge < -0.3 is 18.9 Å². The van der Waals surface area contributed by atoms with E-state index in [2.05, 4.69) is 11.0 Å². The molecule has 4 nitrogen and oxygen atoms in total. The van der Waals surface area contributed by atoms with E-state index in [1.165, 1.54) is 0 Å². The number of ether oxygens (including phenoxy) is 1. The Hall–Kier alpha value is -0.745. The second kappa shape index (κ2) is 5.71. The molecule has 0 radical (unpaired) electrons. The van der Waals surface area contributed by atoms with Gasteiger partial charge in [0.15, 0.2) is 0 Å². The average molecular weight is 324 g/mol. The maximum atomic E-state index is 6.50. The van der Waals surface area contributed by atoms with Crippen molar-refractivity contribution in [3.63, 3.8) is 0 Å². The molecule has 1 aromatic rings. The third-order valence-electron chi connectivity index (χ3n) is 4.87. The highest BCUT2D eigenvalue weighted by Gasteiger charge is 2.52. The van der Waals surface area contributed by atoms with Crippen LogP contribution < -0.4 is 10.4 Å². The highest BCUT2D eigenvalue weighted by Crippen LogP contribution is 2.37. The molecule has 0 aromatic heterocycles. The minimum absolute atomic E-state index is 0.357. The first-order valence-electron chi connectivity index (χ1n) is 7.78. The summed E-state index contributed by atoms with van der Waals surface area (Å²) in [6.45, 7) is 11.5. The zero-order chi connectivity index (χ0) is 16.0. The molecule has 2 saturated heterocycles. The van der Waals surface area contributed by atoms with Gasteiger partial charge in [-0.2, -0.15) is 0 Å². The summed E-state index contributed by atoms with van der Waals surface area (Å²) in [5.74, 6) is 0. The van der Waals surface area contributed by atoms with Gasteiger partial charge in [0.25, 0.3) is 0 Å². The fourth-order valence-corrected chi connectivity index (χ4v) is 2.96. The summed E-state index contributed by atoms with van der Waals surface area (Å²) in [4.78, 5) is 2.28. The van der Waals surface area contributed by atoms with E-state index in [0.717, 1.165) is 37.5 Å². The molecule has 2 heterocycles. The molecule has 0 bridgehead atoms. The molecule has 2 fully saturated rings. The van der Waals surface area contributed by atoms with Crippen molar-refractivity contribution < 1.29 is 14.0 Å². The van der Waals surface area contributed by atoms with E-state index in [1.807, 2.05) is 39.8 Å². The molecule has 0 atom stereocenters. The summed E-state index contributed by atoms with van der Waals surface area (Å²) in [7, 11) is -0.420. The van der Waals surface area contributed by atoms with Gasteiger partial charge in [-0.1, -0.05) is 17.7 Å². The Morgan fingerprint density at radius 3 is 2.18 bits per heavy atom. The first kappa shape index (κ1) is 16.1. The summed E-state index contributed by atoms with van der Waals surface area (Å²) in [6.07, 6.45) is 0. The lowest BCUT2D eigenvalue weighted by Crippen LogP contribution is -2.41. The van der Waals surface area contributed by atoms with Crippen molar-refractivity contribution in [1.29, 1.82) is 0 Å². The number of morpholine rings is 1. The van der Waals surface area contributed by atoms with E-state index < -0.39 is 7.12 Å². The largest absolute Gasteiger partial charge is 0.496 e. The Morgan fingerprint density at radius 2 is 1.64 bits per heavy atom. The molecule has 3 rings (SSSR count). The van der Waals surface area contributed by atoms with Gasteiger partial charge in [0.2, 0.25) is 0 Å². The zero-order valence-electron chi connectivity index (χ0n) is 13.7. The van der Waals surface area contributed by atoms with Crippen molar-refractivity contribution >= 4 is 29.9 Å². The van der Waals surface area contributed by atoms with E-state index in [-0.39, 0.29) is 11.2 Å². The Bertz CT molecular complexity index is 542. The van der Waals surface area contributed by atoms with Crippen molar-refractivity contribution in [3.8, 4) is 0 Å². The maximum absolute atomic E-state index is 6.50. The van der Waals surface area contributed by atoms with Gasteiger partial charge in [0.1, 0.15) is 0 Å². The highest BCUT2D eigenvalue weighted by atomic mass is 35.5. The van der Waals surface area contributed by atoms with E-state index in [9.17, 15) is 0 Å². The number of anilines is 1. The van der Waals surface area contributed by atoms with Gasteiger partial charge in [-0.15, -0.1) is 0 Å². The molecule has 0 N–H and O–H groups in total. The lowest BCUT2D eigenvalue weighted by molar-refractivity contribution is 0.00578. The molecule has 1 aromatic carbocycles. The molecular weight excluding hydrogens is 300 g/mol. The molecule has 0 saturated carbocycles. The molecule has 0 aliphatic carbocycles. The summed E-state index contributed by atoms with van der Waals surface area (Å²) in [5.41, 5.74) is 1.29. The third-order valence-corrected chi connectivity index (χ3v) is 5.19. The minimum Gasteiger partial charge on any atom is -0.399 e. The Balaban J connectivity index is 1.81. The standard InChI is InChI=1S/C16H23BClNO3/c1-15(2)16(3,4)22-17(21-15)13-6-5-12(11-14(13)18)19-7-9-20-10-8-19/h5-6,11H,7-10H2,1-4H3. The Kier molecular flexibility index (Phi) is 4.19. The number of hydrogen-bond donors (Lipinski definition) is 0. The van der Waals surface area contributed by atoms with Gasteiger partial charge >= 0.3 is 7.12 Å². The molecular formula is C16H23BClNO3. The summed E-state index contributed by atoms with van der Waals surface area (Å²) < 4.78 is 17.5. The van der Waals surface area contributed by atoms with Gasteiger partial charge in [-0.25, -0.2) is 0 Å². The van der Waals surface area contributed by atoms with Crippen LogP contribution in [0.4, 0.5) is 5.69 Å². The highest BCUT2D eigenvalue weighted by molar-refractivity contribution is 6.65. The summed E-state index contributed by atoms with van der Waals surface area (Å²) in [6, 6.07) is 6.08. The fraction of sp³-hybridized carbons (Fsp3) is 0.625. The Labute approximate surface area is 137 Å². The quantitative estimate of drug-likeness (QED) is 0.783. The topological polar surface area (TPSA) is 30.9 Å². The number of benzene rings is 1. The van der Waals surface area contributed by atoms with Crippen LogP contribution >= 0.6 is 11.6 Å². The number of hydrogen-bond acceptors (Lipinski definition) is 4. The van der Waals surface area contributed by atoms with Crippen molar-refractivity contribution in [3.05, 3.63) is 23.2 Å². The maximum Gasteiger partial charge on any atom is 0.496 e. The van der Waals surface area contributed by atoms with Crippen LogP contribution in [0.1, 0.15) is 27.7 Å². The second-order valence-electron chi connectivity index (χ2n) is 6.89. The van der Waals surface area contributed by atoms with Crippen molar-refractivity contribution in [1.82, 2.24) is 0 Å². The first-order chi connectivity index (χ1) is 10.3. The predicted octanol–water partition coefficient (Wildman–Crippen LogP) is 2.48. The molecule has 6 heteroatoms. The monoisotopic (exact) mass is 323 g/mol. The van der Waals surface area contributed by atoms with Crippen molar-refractivity contribution in [2.45, 2.75) is 38.9 Å². The normalized spacial score (nSPS) is 23.9. The molecule has 0 spiro atoms. The van der Waals surface area contributed by atoms with Crippen molar-refractivity contribution in [2.75, 3.05) is 31.2 Å². The fourth-order valence-electron chi connectivity index (χ4n) is 2.70. The Morgan fingerprint density at radius 1 is 1.05 bits per heavy atom. The van der Waals surface area contributed by atoms with E-state index >= 15 is 0 Å². The number of nitrogens with zero attached hydrogens (tertiary/aromatic N) is 1. The molecule has 0 unspecified atom stereocenters. The van der Waals surface area contributed by atoms with Crippen LogP contribution in [0, 0.1) is 0 Å². The van der Waals surface area contributed by atoms with Crippen LogP contribution in [-0.4, -0.2) is 44.6 Å². The third kappa shape index (κ3) is 2.87. The molecule has 0 amide bonds. The number of halogens is 1. The smallest absolute Gasteiger partial charge is 0.399 e. The summed E-state index contributed by atoms with van der Waals surface area (Å²) >= 11 is 6.50. The molecule has 2 aliphatic heterocycles. The van der Waals surface area contributed by atoms with Gasteiger partial charge in [0, 0.05) is 29.3 Å². The van der Waals surface area contributed by atoms with Crippen LogP contribution in [0.5, 0.6) is 0 Å². The second-order valence-corrected chi connectivity index (χ2v) is 7.30. The van der Waals surface area contributed by atoms with Gasteiger partial charge in [-0.05, 0) is 39.8 Å². The lowest BCUT2D eigenvalue weighted by Gasteiger charge is -2.32. The van der Waals surface area contributed by atoms with Crippen LogP contribution in [0.25, 0.3) is 0 Å². The van der Waals surface area contributed by atoms with Crippen LogP contribution in [0.2, 0.25) is 5.02 Å². The predicted molar refractivity (Wildman–Crippen MR) is 90.2 cm³/mol. The molecule has 120 valence electrons. The first-order valence-corrected chi connectivity index (χ1v) is 8.16.